The fraction of sp³-hybridized carbons (Fsp3) is 0.421. The number of aromatic carboxylic acids is 1. The summed E-state index contributed by atoms with van der Waals surface area (Å²) >= 11 is 1.13. The van der Waals surface area contributed by atoms with E-state index in [9.17, 15) is 19.2 Å². The SMILES string of the molecule is Cc1sc(NC(=O)CCNC(=O)OC(C)(C)C)nc1C(=O)Nc1cc(C(=O)O)n(C)c1. The third-order valence-corrected chi connectivity index (χ3v) is 4.65. The lowest BCUT2D eigenvalue weighted by Gasteiger charge is -2.19. The highest BCUT2D eigenvalue weighted by Gasteiger charge is 2.19. The van der Waals surface area contributed by atoms with Crippen molar-refractivity contribution >= 4 is 46.0 Å². The van der Waals surface area contributed by atoms with Crippen molar-refractivity contribution in [2.45, 2.75) is 39.7 Å². The van der Waals surface area contributed by atoms with E-state index in [0.717, 1.165) is 11.3 Å². The number of aromatic nitrogens is 2. The molecule has 2 rings (SSSR count). The quantitative estimate of drug-likeness (QED) is 0.505. The van der Waals surface area contributed by atoms with Crippen molar-refractivity contribution in [2.75, 3.05) is 17.2 Å². The van der Waals surface area contributed by atoms with Gasteiger partial charge in [-0.15, -0.1) is 11.3 Å². The van der Waals surface area contributed by atoms with Crippen LogP contribution in [-0.2, 0) is 16.6 Å². The second-order valence-electron chi connectivity index (χ2n) is 7.63. The Bertz CT molecular complexity index is 1000. The molecule has 2 aromatic heterocycles. The van der Waals surface area contributed by atoms with Gasteiger partial charge in [-0.3, -0.25) is 9.59 Å². The van der Waals surface area contributed by atoms with E-state index in [0.29, 0.717) is 10.6 Å². The summed E-state index contributed by atoms with van der Waals surface area (Å²) in [5, 5.41) is 17.0. The highest BCUT2D eigenvalue weighted by Crippen LogP contribution is 2.23. The molecule has 168 valence electrons. The number of carbonyl (C=O) groups excluding carboxylic acids is 3. The minimum Gasteiger partial charge on any atom is -0.477 e. The lowest BCUT2D eigenvalue weighted by Crippen LogP contribution is -2.34. The normalized spacial score (nSPS) is 11.0. The van der Waals surface area contributed by atoms with Crippen LogP contribution in [0.1, 0.15) is 53.0 Å². The van der Waals surface area contributed by atoms with Crippen molar-refractivity contribution < 1.29 is 29.0 Å². The van der Waals surface area contributed by atoms with Crippen molar-refractivity contribution in [2.24, 2.45) is 7.05 Å². The topological polar surface area (TPSA) is 152 Å². The summed E-state index contributed by atoms with van der Waals surface area (Å²) in [6, 6.07) is 1.34. The number of nitrogens with one attached hydrogen (secondary N) is 3. The van der Waals surface area contributed by atoms with Crippen molar-refractivity contribution in [3.8, 4) is 0 Å². The van der Waals surface area contributed by atoms with Crippen LogP contribution in [0.5, 0.6) is 0 Å². The lowest BCUT2D eigenvalue weighted by atomic mass is 10.2. The van der Waals surface area contributed by atoms with E-state index in [1.165, 1.54) is 16.8 Å². The zero-order valence-corrected chi connectivity index (χ0v) is 18.7. The Kier molecular flexibility index (Phi) is 7.39. The number of alkyl carbamates (subject to hydrolysis) is 1. The van der Waals surface area contributed by atoms with Crippen LogP contribution >= 0.6 is 11.3 Å². The number of anilines is 2. The monoisotopic (exact) mass is 451 g/mol. The van der Waals surface area contributed by atoms with Crippen LogP contribution in [0.2, 0.25) is 0 Å². The van der Waals surface area contributed by atoms with Crippen LogP contribution in [0.4, 0.5) is 15.6 Å². The van der Waals surface area contributed by atoms with E-state index in [-0.39, 0.29) is 35.4 Å². The summed E-state index contributed by atoms with van der Waals surface area (Å²) in [4.78, 5) is 52.0. The predicted octanol–water partition coefficient (Wildman–Crippen LogP) is 2.59. The van der Waals surface area contributed by atoms with Crippen LogP contribution in [0, 0.1) is 6.92 Å². The highest BCUT2D eigenvalue weighted by atomic mass is 32.1. The molecule has 2 aromatic rings. The number of thiazole rings is 1. The molecule has 3 amide bonds. The number of ether oxygens (including phenoxy) is 1. The first-order valence-corrected chi connectivity index (χ1v) is 10.1. The van der Waals surface area contributed by atoms with Crippen LogP contribution in [0.3, 0.4) is 0 Å². The highest BCUT2D eigenvalue weighted by molar-refractivity contribution is 7.16. The second-order valence-corrected chi connectivity index (χ2v) is 8.84. The molecule has 4 N–H and O–H groups in total. The molecule has 0 aliphatic rings. The third-order valence-electron chi connectivity index (χ3n) is 3.76. The zero-order chi connectivity index (χ0) is 23.3. The first kappa shape index (κ1) is 23.9. The molecule has 0 saturated heterocycles. The summed E-state index contributed by atoms with van der Waals surface area (Å²) in [5.74, 6) is -2.02. The van der Waals surface area contributed by atoms with Crippen molar-refractivity contribution in [1.82, 2.24) is 14.9 Å². The first-order chi connectivity index (χ1) is 14.4. The van der Waals surface area contributed by atoms with E-state index in [1.807, 2.05) is 0 Å². The van der Waals surface area contributed by atoms with Crippen LogP contribution in [0.15, 0.2) is 12.3 Å². The molecule has 0 saturated carbocycles. The van der Waals surface area contributed by atoms with E-state index in [2.05, 4.69) is 20.9 Å². The maximum Gasteiger partial charge on any atom is 0.407 e. The smallest absolute Gasteiger partial charge is 0.407 e. The Labute approximate surface area is 182 Å². The number of rotatable bonds is 7. The Morgan fingerprint density at radius 1 is 1.23 bits per heavy atom. The standard InChI is InChI=1S/C19H25N5O6S/c1-10-14(15(26)21-11-8-12(16(27)28)24(5)9-11)23-17(31-10)22-13(25)6-7-20-18(29)30-19(2,3)4/h8-9H,6-7H2,1-5H3,(H,20,29)(H,21,26)(H,27,28)(H,22,23,25). The number of hydrogen-bond donors (Lipinski definition) is 4. The number of nitrogens with zero attached hydrogens (tertiary/aromatic N) is 2. The van der Waals surface area contributed by atoms with E-state index >= 15 is 0 Å². The van der Waals surface area contributed by atoms with Gasteiger partial charge in [-0.05, 0) is 33.8 Å². The van der Waals surface area contributed by atoms with Gasteiger partial charge in [-0.1, -0.05) is 0 Å². The van der Waals surface area contributed by atoms with Crippen molar-refractivity contribution in [3.05, 3.63) is 28.5 Å². The number of aryl methyl sites for hydroxylation is 2. The number of carbonyl (C=O) groups is 4. The Morgan fingerprint density at radius 3 is 2.48 bits per heavy atom. The average Bonchev–Trinajstić information content (AvgIpc) is 3.15. The van der Waals surface area contributed by atoms with Gasteiger partial charge in [-0.2, -0.15) is 0 Å². The van der Waals surface area contributed by atoms with E-state index in [1.54, 1.807) is 34.7 Å². The van der Waals surface area contributed by atoms with Gasteiger partial charge in [0.15, 0.2) is 5.13 Å². The third kappa shape index (κ3) is 7.10. The van der Waals surface area contributed by atoms with Gasteiger partial charge in [0.1, 0.15) is 17.0 Å². The van der Waals surface area contributed by atoms with Crippen molar-refractivity contribution in [3.63, 3.8) is 0 Å². The molecule has 0 aliphatic heterocycles. The molecular weight excluding hydrogens is 426 g/mol. The minimum atomic E-state index is -1.11. The Hall–Kier alpha value is -3.41. The lowest BCUT2D eigenvalue weighted by molar-refractivity contribution is -0.116. The first-order valence-electron chi connectivity index (χ1n) is 9.31. The molecule has 0 fully saturated rings. The van der Waals surface area contributed by atoms with Crippen LogP contribution in [-0.4, -0.2) is 50.7 Å². The Balaban J connectivity index is 1.91. The van der Waals surface area contributed by atoms with Crippen LogP contribution in [0.25, 0.3) is 0 Å². The average molecular weight is 452 g/mol. The molecule has 2 heterocycles. The molecule has 31 heavy (non-hydrogen) atoms. The largest absolute Gasteiger partial charge is 0.477 e. The van der Waals surface area contributed by atoms with Gasteiger partial charge >= 0.3 is 12.1 Å². The fourth-order valence-corrected chi connectivity index (χ4v) is 3.30. The van der Waals surface area contributed by atoms with Crippen molar-refractivity contribution in [1.29, 1.82) is 0 Å². The van der Waals surface area contributed by atoms with E-state index in [4.69, 9.17) is 9.84 Å². The molecule has 0 aliphatic carbocycles. The van der Waals surface area contributed by atoms with Gasteiger partial charge in [0.2, 0.25) is 5.91 Å². The van der Waals surface area contributed by atoms with Gasteiger partial charge in [0.05, 0.1) is 5.69 Å². The zero-order valence-electron chi connectivity index (χ0n) is 17.9. The van der Waals surface area contributed by atoms with E-state index < -0.39 is 23.6 Å². The molecule has 0 bridgehead atoms. The number of hydrogen-bond acceptors (Lipinski definition) is 7. The molecule has 0 radical (unpaired) electrons. The van der Waals surface area contributed by atoms with Gasteiger partial charge in [-0.25, -0.2) is 14.6 Å². The summed E-state index contributed by atoms with van der Waals surface area (Å²) in [5.41, 5.74) is -0.168. The fourth-order valence-electron chi connectivity index (χ4n) is 2.47. The molecule has 0 atom stereocenters. The maximum absolute atomic E-state index is 12.5. The van der Waals surface area contributed by atoms with Gasteiger partial charge in [0, 0.05) is 31.1 Å². The predicted molar refractivity (Wildman–Crippen MR) is 115 cm³/mol. The minimum absolute atomic E-state index is 0.00137. The summed E-state index contributed by atoms with van der Waals surface area (Å²) in [6.45, 7) is 6.97. The molecule has 0 unspecified atom stereocenters. The number of carboxylic acid groups (broad SMARTS) is 1. The van der Waals surface area contributed by atoms with Crippen LogP contribution < -0.4 is 16.0 Å². The van der Waals surface area contributed by atoms with Gasteiger partial charge < -0.3 is 30.4 Å². The molecule has 11 nitrogen and oxygen atoms in total. The summed E-state index contributed by atoms with van der Waals surface area (Å²) in [6.07, 6.45) is 0.862. The maximum atomic E-state index is 12.5. The molecule has 0 aromatic carbocycles. The molecule has 12 heteroatoms. The molecule has 0 spiro atoms. The molecular formula is C19H25N5O6S. The van der Waals surface area contributed by atoms with Gasteiger partial charge in [0.25, 0.3) is 5.91 Å². The number of amides is 3. The summed E-state index contributed by atoms with van der Waals surface area (Å²) in [7, 11) is 1.55. The Morgan fingerprint density at radius 2 is 1.90 bits per heavy atom. The number of carboxylic acids is 1. The second kappa shape index (κ2) is 9.60. The summed E-state index contributed by atoms with van der Waals surface area (Å²) < 4.78 is 6.46.